The van der Waals surface area contributed by atoms with E-state index in [9.17, 15) is 0 Å². The van der Waals surface area contributed by atoms with Crippen molar-refractivity contribution in [3.05, 3.63) is 41.9 Å². The molecule has 0 amide bonds. The second-order valence-electron chi connectivity index (χ2n) is 4.61. The fourth-order valence-electron chi connectivity index (χ4n) is 1.83. The summed E-state index contributed by atoms with van der Waals surface area (Å²) >= 11 is 0. The molecule has 1 unspecified atom stereocenters. The maximum atomic E-state index is 5.88. The number of hydrogen-bond acceptors (Lipinski definition) is 4. The molecule has 0 aliphatic carbocycles. The summed E-state index contributed by atoms with van der Waals surface area (Å²) in [5.74, 6) is 0.925. The SMILES string of the molecule is CC(N)c1ccnc(N(C)Cc2cnn(C)c2)c1. The zero-order valence-corrected chi connectivity index (χ0v) is 11.0. The fourth-order valence-corrected chi connectivity index (χ4v) is 1.83. The molecule has 2 N–H and O–H groups in total. The largest absolute Gasteiger partial charge is 0.355 e. The van der Waals surface area contributed by atoms with E-state index in [0.29, 0.717) is 0 Å². The lowest BCUT2D eigenvalue weighted by Gasteiger charge is -2.18. The summed E-state index contributed by atoms with van der Waals surface area (Å²) in [5, 5.41) is 4.16. The van der Waals surface area contributed by atoms with E-state index in [2.05, 4.69) is 15.0 Å². The van der Waals surface area contributed by atoms with Crippen LogP contribution in [0.1, 0.15) is 24.1 Å². The molecule has 0 bridgehead atoms. The molecule has 1 atom stereocenters. The highest BCUT2D eigenvalue weighted by atomic mass is 15.2. The minimum absolute atomic E-state index is 0.0264. The Kier molecular flexibility index (Phi) is 3.62. The summed E-state index contributed by atoms with van der Waals surface area (Å²) < 4.78 is 1.80. The number of anilines is 1. The van der Waals surface area contributed by atoms with Gasteiger partial charge in [-0.1, -0.05) is 0 Å². The lowest BCUT2D eigenvalue weighted by atomic mass is 10.1. The molecule has 2 aromatic rings. The number of rotatable bonds is 4. The molecule has 0 fully saturated rings. The minimum atomic E-state index is 0.0264. The molecule has 2 rings (SSSR count). The molecule has 0 saturated heterocycles. The van der Waals surface area contributed by atoms with Gasteiger partial charge in [-0.2, -0.15) is 5.10 Å². The van der Waals surface area contributed by atoms with Gasteiger partial charge in [0.25, 0.3) is 0 Å². The summed E-state index contributed by atoms with van der Waals surface area (Å²) in [6.45, 7) is 2.75. The smallest absolute Gasteiger partial charge is 0.128 e. The third kappa shape index (κ3) is 2.87. The molecule has 2 aromatic heterocycles. The third-order valence-corrected chi connectivity index (χ3v) is 2.86. The van der Waals surface area contributed by atoms with E-state index in [-0.39, 0.29) is 6.04 Å². The van der Waals surface area contributed by atoms with E-state index >= 15 is 0 Å². The van der Waals surface area contributed by atoms with Gasteiger partial charge in [-0.3, -0.25) is 4.68 Å². The van der Waals surface area contributed by atoms with Crippen LogP contribution in [0, 0.1) is 0 Å². The zero-order valence-electron chi connectivity index (χ0n) is 11.0. The molecule has 5 heteroatoms. The molecule has 0 aliphatic heterocycles. The average molecular weight is 245 g/mol. The molecule has 0 aliphatic rings. The Morgan fingerprint density at radius 3 is 2.89 bits per heavy atom. The summed E-state index contributed by atoms with van der Waals surface area (Å²) in [6.07, 6.45) is 5.67. The number of aryl methyl sites for hydroxylation is 1. The Hall–Kier alpha value is -1.88. The normalized spacial score (nSPS) is 12.4. The predicted octanol–water partition coefficient (Wildman–Crippen LogP) is 1.47. The van der Waals surface area contributed by atoms with Gasteiger partial charge in [-0.15, -0.1) is 0 Å². The van der Waals surface area contributed by atoms with Crippen molar-refractivity contribution in [3.63, 3.8) is 0 Å². The zero-order chi connectivity index (χ0) is 13.1. The molecule has 2 heterocycles. The first-order valence-corrected chi connectivity index (χ1v) is 5.96. The maximum Gasteiger partial charge on any atom is 0.128 e. The van der Waals surface area contributed by atoms with Crippen molar-refractivity contribution in [2.45, 2.75) is 19.5 Å². The highest BCUT2D eigenvalue weighted by molar-refractivity contribution is 5.41. The van der Waals surface area contributed by atoms with E-state index in [1.54, 1.807) is 10.9 Å². The summed E-state index contributed by atoms with van der Waals surface area (Å²) in [6, 6.07) is 4.01. The molecule has 0 saturated carbocycles. The first-order valence-electron chi connectivity index (χ1n) is 5.96. The van der Waals surface area contributed by atoms with Gasteiger partial charge >= 0.3 is 0 Å². The van der Waals surface area contributed by atoms with Gasteiger partial charge in [0.05, 0.1) is 6.20 Å². The number of nitrogens with zero attached hydrogens (tertiary/aromatic N) is 4. The highest BCUT2D eigenvalue weighted by Gasteiger charge is 2.07. The topological polar surface area (TPSA) is 60.0 Å². The van der Waals surface area contributed by atoms with E-state index < -0.39 is 0 Å². The van der Waals surface area contributed by atoms with Crippen LogP contribution < -0.4 is 10.6 Å². The Balaban J connectivity index is 2.13. The van der Waals surface area contributed by atoms with E-state index in [1.807, 2.05) is 45.5 Å². The monoisotopic (exact) mass is 245 g/mol. The second kappa shape index (κ2) is 5.18. The first-order chi connectivity index (χ1) is 8.56. The number of pyridine rings is 1. The van der Waals surface area contributed by atoms with Crippen LogP contribution in [0.5, 0.6) is 0 Å². The maximum absolute atomic E-state index is 5.88. The van der Waals surface area contributed by atoms with Gasteiger partial charge in [-0.25, -0.2) is 4.98 Å². The van der Waals surface area contributed by atoms with Crippen LogP contribution in [-0.4, -0.2) is 21.8 Å². The summed E-state index contributed by atoms with van der Waals surface area (Å²) in [7, 11) is 3.93. The molecular weight excluding hydrogens is 226 g/mol. The fraction of sp³-hybridized carbons (Fsp3) is 0.385. The first kappa shape index (κ1) is 12.6. The average Bonchev–Trinajstić information content (AvgIpc) is 2.75. The standard InChI is InChI=1S/C13H19N5/c1-10(14)12-4-5-15-13(6-12)17(2)8-11-7-16-18(3)9-11/h4-7,9-10H,8,14H2,1-3H3. The van der Waals surface area contributed by atoms with E-state index in [4.69, 9.17) is 5.73 Å². The van der Waals surface area contributed by atoms with E-state index in [1.165, 1.54) is 0 Å². The molecule has 5 nitrogen and oxygen atoms in total. The van der Waals surface area contributed by atoms with Crippen molar-refractivity contribution in [2.24, 2.45) is 12.8 Å². The van der Waals surface area contributed by atoms with Crippen molar-refractivity contribution in [2.75, 3.05) is 11.9 Å². The summed E-state index contributed by atoms with van der Waals surface area (Å²) in [5.41, 5.74) is 8.13. The Morgan fingerprint density at radius 2 is 2.28 bits per heavy atom. The van der Waals surface area contributed by atoms with Crippen molar-refractivity contribution >= 4 is 5.82 Å². The molecular formula is C13H19N5. The second-order valence-corrected chi connectivity index (χ2v) is 4.61. The van der Waals surface area contributed by atoms with Crippen molar-refractivity contribution < 1.29 is 0 Å². The van der Waals surface area contributed by atoms with Crippen LogP contribution in [0.2, 0.25) is 0 Å². The molecule has 0 aromatic carbocycles. The van der Waals surface area contributed by atoms with Gasteiger partial charge in [0, 0.05) is 44.6 Å². The Bertz CT molecular complexity index is 518. The molecule has 0 radical (unpaired) electrons. The minimum Gasteiger partial charge on any atom is -0.355 e. The van der Waals surface area contributed by atoms with Crippen LogP contribution in [0.15, 0.2) is 30.7 Å². The number of nitrogens with two attached hydrogens (primary N) is 1. The van der Waals surface area contributed by atoms with Gasteiger partial charge in [0.2, 0.25) is 0 Å². The number of hydrogen-bond donors (Lipinski definition) is 1. The van der Waals surface area contributed by atoms with Crippen molar-refractivity contribution in [1.82, 2.24) is 14.8 Å². The molecule has 18 heavy (non-hydrogen) atoms. The van der Waals surface area contributed by atoms with Gasteiger partial charge in [0.1, 0.15) is 5.82 Å². The van der Waals surface area contributed by atoms with E-state index in [0.717, 1.165) is 23.5 Å². The van der Waals surface area contributed by atoms with Crippen LogP contribution in [0.25, 0.3) is 0 Å². The van der Waals surface area contributed by atoms with Crippen LogP contribution in [0.3, 0.4) is 0 Å². The Labute approximate surface area is 107 Å². The number of aromatic nitrogens is 3. The lowest BCUT2D eigenvalue weighted by molar-refractivity contribution is 0.766. The Morgan fingerprint density at radius 1 is 1.50 bits per heavy atom. The lowest BCUT2D eigenvalue weighted by Crippen LogP contribution is -2.18. The van der Waals surface area contributed by atoms with Crippen LogP contribution in [-0.2, 0) is 13.6 Å². The highest BCUT2D eigenvalue weighted by Crippen LogP contribution is 2.17. The van der Waals surface area contributed by atoms with Crippen molar-refractivity contribution in [1.29, 1.82) is 0 Å². The van der Waals surface area contributed by atoms with Crippen molar-refractivity contribution in [3.8, 4) is 0 Å². The van der Waals surface area contributed by atoms with Crippen LogP contribution >= 0.6 is 0 Å². The van der Waals surface area contributed by atoms with Gasteiger partial charge < -0.3 is 10.6 Å². The quantitative estimate of drug-likeness (QED) is 0.886. The third-order valence-electron chi connectivity index (χ3n) is 2.86. The molecule has 0 spiro atoms. The predicted molar refractivity (Wildman–Crippen MR) is 72.2 cm³/mol. The summed E-state index contributed by atoms with van der Waals surface area (Å²) in [4.78, 5) is 6.45. The van der Waals surface area contributed by atoms with Gasteiger partial charge in [0.15, 0.2) is 0 Å². The molecule has 96 valence electrons. The van der Waals surface area contributed by atoms with Gasteiger partial charge in [-0.05, 0) is 24.6 Å². The van der Waals surface area contributed by atoms with Crippen LogP contribution in [0.4, 0.5) is 5.82 Å².